The molecule has 3 aromatic heterocycles. The van der Waals surface area contributed by atoms with Gasteiger partial charge >= 0.3 is 5.97 Å². The van der Waals surface area contributed by atoms with Crippen molar-refractivity contribution in [1.82, 2.24) is 19.9 Å². The van der Waals surface area contributed by atoms with E-state index in [1.807, 2.05) is 24.3 Å². The summed E-state index contributed by atoms with van der Waals surface area (Å²) >= 11 is 0. The monoisotopic (exact) mass is 326 g/mol. The highest BCUT2D eigenvalue weighted by Gasteiger charge is 2.14. The number of rotatable bonds is 1. The Morgan fingerprint density at radius 3 is 1.96 bits per heavy atom. The maximum absolute atomic E-state index is 11.2. The molecule has 0 atom stereocenters. The molecule has 1 N–H and O–H groups in total. The van der Waals surface area contributed by atoms with Gasteiger partial charge in [-0.1, -0.05) is 0 Å². The lowest BCUT2D eigenvalue weighted by Gasteiger charge is -2.08. The summed E-state index contributed by atoms with van der Waals surface area (Å²) in [5.74, 6) is -0.988. The fraction of sp³-hybridized carbons (Fsp3) is 0. The third-order valence-corrected chi connectivity index (χ3v) is 4.26. The molecular weight excluding hydrogens is 316 g/mol. The lowest BCUT2D eigenvalue weighted by molar-refractivity contribution is 0.0697. The van der Waals surface area contributed by atoms with Crippen LogP contribution in [0.25, 0.3) is 43.9 Å². The van der Waals surface area contributed by atoms with Gasteiger partial charge in [-0.15, -0.1) is 0 Å². The van der Waals surface area contributed by atoms with Crippen LogP contribution in [0, 0.1) is 0 Å². The lowest BCUT2D eigenvalue weighted by atomic mass is 10.1. The highest BCUT2D eigenvalue weighted by atomic mass is 16.4. The topological polar surface area (TPSA) is 88.9 Å². The smallest absolute Gasteiger partial charge is 0.335 e. The van der Waals surface area contributed by atoms with E-state index < -0.39 is 5.97 Å². The van der Waals surface area contributed by atoms with Crippen molar-refractivity contribution < 1.29 is 9.90 Å². The van der Waals surface area contributed by atoms with Crippen LogP contribution in [0.4, 0.5) is 0 Å². The van der Waals surface area contributed by atoms with E-state index in [0.29, 0.717) is 16.6 Å². The fourth-order valence-electron chi connectivity index (χ4n) is 3.13. The first-order chi connectivity index (χ1) is 12.2. The Morgan fingerprint density at radius 2 is 1.36 bits per heavy atom. The summed E-state index contributed by atoms with van der Waals surface area (Å²) < 4.78 is 0. The molecule has 118 valence electrons. The first-order valence-corrected chi connectivity index (χ1v) is 7.68. The summed E-state index contributed by atoms with van der Waals surface area (Å²) in [5.41, 5.74) is 4.34. The molecule has 0 aliphatic heterocycles. The van der Waals surface area contributed by atoms with Crippen molar-refractivity contribution in [2.75, 3.05) is 0 Å². The summed E-state index contributed by atoms with van der Waals surface area (Å²) in [6.45, 7) is 0. The van der Waals surface area contributed by atoms with Crippen molar-refractivity contribution in [3.8, 4) is 0 Å². The molecule has 0 spiro atoms. The van der Waals surface area contributed by atoms with E-state index in [0.717, 1.165) is 27.3 Å². The van der Waals surface area contributed by atoms with E-state index in [9.17, 15) is 9.90 Å². The predicted octanol–water partition coefficient (Wildman–Crippen LogP) is 3.58. The minimum atomic E-state index is -0.988. The summed E-state index contributed by atoms with van der Waals surface area (Å²) in [6, 6.07) is 12.3. The van der Waals surface area contributed by atoms with Crippen molar-refractivity contribution in [2.45, 2.75) is 0 Å². The zero-order valence-electron chi connectivity index (χ0n) is 12.8. The molecule has 5 aromatic rings. The number of aromatic nitrogens is 4. The second-order valence-corrected chi connectivity index (χ2v) is 5.73. The second kappa shape index (κ2) is 4.91. The molecule has 3 heterocycles. The lowest BCUT2D eigenvalue weighted by Crippen LogP contribution is -1.98. The molecule has 0 saturated heterocycles. The molecule has 0 amide bonds. The number of carbonyl (C=O) groups is 1. The molecule has 0 radical (unpaired) electrons. The summed E-state index contributed by atoms with van der Waals surface area (Å²) in [7, 11) is 0. The molecule has 6 nitrogen and oxygen atoms in total. The number of aromatic carboxylic acids is 1. The second-order valence-electron chi connectivity index (χ2n) is 5.73. The van der Waals surface area contributed by atoms with Crippen LogP contribution in [0.3, 0.4) is 0 Å². The van der Waals surface area contributed by atoms with E-state index in [-0.39, 0.29) is 5.56 Å². The van der Waals surface area contributed by atoms with Gasteiger partial charge in [0, 0.05) is 23.2 Å². The van der Waals surface area contributed by atoms with Crippen molar-refractivity contribution in [2.24, 2.45) is 0 Å². The minimum Gasteiger partial charge on any atom is -0.478 e. The Bertz CT molecular complexity index is 1330. The molecule has 0 bridgehead atoms. The van der Waals surface area contributed by atoms with Crippen molar-refractivity contribution >= 4 is 49.8 Å². The Balaban J connectivity index is 2.04. The molecule has 25 heavy (non-hydrogen) atoms. The van der Waals surface area contributed by atoms with Gasteiger partial charge in [-0.2, -0.15) is 0 Å². The van der Waals surface area contributed by atoms with Gasteiger partial charge < -0.3 is 5.11 Å². The number of nitrogens with zero attached hydrogens (tertiary/aromatic N) is 4. The van der Waals surface area contributed by atoms with Crippen LogP contribution in [0.15, 0.2) is 54.9 Å². The predicted molar refractivity (Wildman–Crippen MR) is 94.6 cm³/mol. The quantitative estimate of drug-likeness (QED) is 0.374. The van der Waals surface area contributed by atoms with Crippen molar-refractivity contribution in [1.29, 1.82) is 0 Å². The largest absolute Gasteiger partial charge is 0.478 e. The van der Waals surface area contributed by atoms with Gasteiger partial charge in [0.15, 0.2) is 0 Å². The summed E-state index contributed by atoms with van der Waals surface area (Å²) in [4.78, 5) is 29.6. The average Bonchev–Trinajstić information content (AvgIpc) is 2.66. The van der Waals surface area contributed by atoms with E-state index in [4.69, 9.17) is 9.97 Å². The number of benzene rings is 2. The van der Waals surface area contributed by atoms with Gasteiger partial charge in [-0.3, -0.25) is 9.97 Å². The number of carboxylic acid groups (broad SMARTS) is 1. The van der Waals surface area contributed by atoms with Gasteiger partial charge in [0.2, 0.25) is 0 Å². The van der Waals surface area contributed by atoms with Gasteiger partial charge in [-0.05, 0) is 42.5 Å². The molecule has 0 aliphatic carbocycles. The molecule has 0 fully saturated rings. The highest BCUT2D eigenvalue weighted by Crippen LogP contribution is 2.31. The number of hydrogen-bond donors (Lipinski definition) is 1. The third kappa shape index (κ3) is 1.94. The van der Waals surface area contributed by atoms with E-state index in [2.05, 4.69) is 9.97 Å². The Labute approximate surface area is 140 Å². The van der Waals surface area contributed by atoms with Crippen molar-refractivity contribution in [3.05, 3.63) is 60.4 Å². The van der Waals surface area contributed by atoms with Gasteiger partial charge in [0.1, 0.15) is 0 Å². The van der Waals surface area contributed by atoms with E-state index in [1.165, 1.54) is 6.07 Å². The van der Waals surface area contributed by atoms with Crippen LogP contribution in [-0.2, 0) is 0 Å². The third-order valence-electron chi connectivity index (χ3n) is 4.26. The zero-order valence-corrected chi connectivity index (χ0v) is 12.8. The van der Waals surface area contributed by atoms with Gasteiger partial charge in [0.05, 0.1) is 38.7 Å². The molecule has 0 unspecified atom stereocenters. The first-order valence-electron chi connectivity index (χ1n) is 7.68. The molecule has 0 aliphatic rings. The number of pyridine rings is 2. The van der Waals surface area contributed by atoms with Gasteiger partial charge in [0.25, 0.3) is 0 Å². The van der Waals surface area contributed by atoms with Crippen LogP contribution in [0.2, 0.25) is 0 Å². The Morgan fingerprint density at radius 1 is 0.760 bits per heavy atom. The molecule has 6 heteroatoms. The Hall–Kier alpha value is -3.67. The fourth-order valence-corrected chi connectivity index (χ4v) is 3.13. The number of fused-ring (bicyclic) bond motifs is 7. The molecule has 0 saturated carbocycles. The molecular formula is C19H10N4O2. The summed E-state index contributed by atoms with van der Waals surface area (Å²) in [5, 5.41) is 10.9. The van der Waals surface area contributed by atoms with Crippen LogP contribution in [-0.4, -0.2) is 31.0 Å². The molecule has 5 rings (SSSR count). The van der Waals surface area contributed by atoms with Crippen LogP contribution < -0.4 is 0 Å². The van der Waals surface area contributed by atoms with Crippen LogP contribution in [0.1, 0.15) is 10.4 Å². The van der Waals surface area contributed by atoms with Gasteiger partial charge in [-0.25, -0.2) is 14.8 Å². The van der Waals surface area contributed by atoms with Crippen LogP contribution in [0.5, 0.6) is 0 Å². The summed E-state index contributed by atoms with van der Waals surface area (Å²) in [6.07, 6.45) is 3.45. The minimum absolute atomic E-state index is 0.186. The standard InChI is InChI=1S/C19H10N4O2/c24-19(25)10-5-6-13-14(9-10)23-18-12-4-2-8-21-16(12)15-11(17(18)22-13)3-1-7-20-15/h1-9H,(H,24,25). The average molecular weight is 326 g/mol. The van der Waals surface area contributed by atoms with E-state index in [1.54, 1.807) is 24.5 Å². The number of carboxylic acids is 1. The van der Waals surface area contributed by atoms with E-state index >= 15 is 0 Å². The molecule has 2 aromatic carbocycles. The van der Waals surface area contributed by atoms with Crippen molar-refractivity contribution in [3.63, 3.8) is 0 Å². The first kappa shape index (κ1) is 13.7. The Kier molecular flexibility index (Phi) is 2.70. The number of hydrogen-bond acceptors (Lipinski definition) is 5. The SMILES string of the molecule is O=C(O)c1ccc2nc3c4cccnc4c4ncccc4c3nc2c1. The maximum atomic E-state index is 11.2. The van der Waals surface area contributed by atoms with Crippen LogP contribution >= 0.6 is 0 Å². The normalized spacial score (nSPS) is 11.5. The highest BCUT2D eigenvalue weighted by molar-refractivity contribution is 6.21. The zero-order chi connectivity index (χ0) is 17.0. The maximum Gasteiger partial charge on any atom is 0.335 e.